The second-order valence-corrected chi connectivity index (χ2v) is 6.28. The predicted octanol–water partition coefficient (Wildman–Crippen LogP) is 3.19. The first-order chi connectivity index (χ1) is 9.01. The molecule has 1 unspecified atom stereocenters. The molecule has 0 saturated carbocycles. The van der Waals surface area contributed by atoms with E-state index in [-0.39, 0.29) is 0 Å². The summed E-state index contributed by atoms with van der Waals surface area (Å²) in [6.45, 7) is 9.38. The van der Waals surface area contributed by atoms with Crippen LogP contribution in [-0.4, -0.2) is 29.6 Å². The first-order valence-electron chi connectivity index (χ1n) is 7.55. The number of β-amino-alcohol motifs (C(OH)–C–C–N with tert-alkyl or cyclic N) is 1. The number of aryl methyl sites for hydroxylation is 1. The van der Waals surface area contributed by atoms with Crippen LogP contribution in [0.5, 0.6) is 0 Å². The van der Waals surface area contributed by atoms with Gasteiger partial charge in [-0.3, -0.25) is 0 Å². The van der Waals surface area contributed by atoms with Crippen molar-refractivity contribution in [3.8, 4) is 0 Å². The van der Waals surface area contributed by atoms with Gasteiger partial charge in [0.15, 0.2) is 0 Å². The molecule has 1 atom stereocenters. The number of nitrogens with zero attached hydrogens (tertiary/aromatic N) is 1. The molecule has 1 N–H and O–H groups in total. The van der Waals surface area contributed by atoms with Gasteiger partial charge in [0.05, 0.1) is 5.60 Å². The molecule has 2 nitrogen and oxygen atoms in total. The Morgan fingerprint density at radius 2 is 1.79 bits per heavy atom. The average Bonchev–Trinajstić information content (AvgIpc) is 2.41. The molecule has 0 spiro atoms. The molecule has 1 fully saturated rings. The highest BCUT2D eigenvalue weighted by Gasteiger charge is 2.27. The van der Waals surface area contributed by atoms with Crippen molar-refractivity contribution >= 4 is 0 Å². The van der Waals surface area contributed by atoms with Crippen LogP contribution in [0.1, 0.15) is 44.7 Å². The van der Waals surface area contributed by atoms with Gasteiger partial charge in [0.1, 0.15) is 0 Å². The van der Waals surface area contributed by atoms with Gasteiger partial charge >= 0.3 is 0 Å². The molecule has 1 aromatic rings. The van der Waals surface area contributed by atoms with Crippen molar-refractivity contribution in [2.45, 2.75) is 45.6 Å². The molecule has 1 aliphatic heterocycles. The lowest BCUT2D eigenvalue weighted by Crippen LogP contribution is -2.42. The minimum Gasteiger partial charge on any atom is -0.384 e. The van der Waals surface area contributed by atoms with Gasteiger partial charge in [-0.15, -0.1) is 0 Å². The fourth-order valence-electron chi connectivity index (χ4n) is 2.85. The van der Waals surface area contributed by atoms with Crippen molar-refractivity contribution in [1.29, 1.82) is 0 Å². The van der Waals surface area contributed by atoms with Gasteiger partial charge in [0, 0.05) is 6.54 Å². The van der Waals surface area contributed by atoms with E-state index in [0.717, 1.165) is 37.5 Å². The second kappa shape index (κ2) is 6.06. The van der Waals surface area contributed by atoms with Gasteiger partial charge in [-0.2, -0.15) is 0 Å². The Hall–Kier alpha value is -0.860. The van der Waals surface area contributed by atoms with Crippen LogP contribution in [0.4, 0.5) is 0 Å². The molecule has 0 aliphatic carbocycles. The Morgan fingerprint density at radius 3 is 2.32 bits per heavy atom. The van der Waals surface area contributed by atoms with Crippen molar-refractivity contribution in [1.82, 2.24) is 4.90 Å². The minimum absolute atomic E-state index is 0.741. The van der Waals surface area contributed by atoms with E-state index in [9.17, 15) is 5.11 Å². The molecule has 0 aromatic heterocycles. The zero-order chi connectivity index (χ0) is 13.9. The van der Waals surface area contributed by atoms with Crippen LogP contribution >= 0.6 is 0 Å². The van der Waals surface area contributed by atoms with Crippen LogP contribution in [-0.2, 0) is 12.0 Å². The third-order valence-corrected chi connectivity index (χ3v) is 4.39. The maximum absolute atomic E-state index is 10.7. The summed E-state index contributed by atoms with van der Waals surface area (Å²) in [5.41, 5.74) is 1.61. The number of benzene rings is 1. The lowest BCUT2D eigenvalue weighted by atomic mass is 9.92. The number of hydrogen-bond donors (Lipinski definition) is 1. The summed E-state index contributed by atoms with van der Waals surface area (Å²) >= 11 is 0. The molecule has 2 rings (SSSR count). The van der Waals surface area contributed by atoms with E-state index in [1.807, 2.05) is 6.92 Å². The van der Waals surface area contributed by atoms with E-state index in [1.165, 1.54) is 18.4 Å². The number of likely N-dealkylation sites (tertiary alicyclic amines) is 1. The maximum Gasteiger partial charge on any atom is 0.0994 e. The van der Waals surface area contributed by atoms with Gasteiger partial charge in [-0.25, -0.2) is 0 Å². The van der Waals surface area contributed by atoms with Crippen LogP contribution in [0.15, 0.2) is 24.3 Å². The fraction of sp³-hybridized carbons (Fsp3) is 0.647. The summed E-state index contributed by atoms with van der Waals surface area (Å²) in [4.78, 5) is 2.40. The molecule has 0 amide bonds. The highest BCUT2D eigenvalue weighted by molar-refractivity contribution is 5.27. The van der Waals surface area contributed by atoms with Gasteiger partial charge in [0.25, 0.3) is 0 Å². The van der Waals surface area contributed by atoms with Crippen molar-refractivity contribution in [3.05, 3.63) is 35.4 Å². The minimum atomic E-state index is -0.743. The number of rotatable bonds is 4. The Kier molecular flexibility index (Phi) is 4.64. The Morgan fingerprint density at radius 1 is 1.21 bits per heavy atom. The maximum atomic E-state index is 10.7. The number of piperidine rings is 1. The van der Waals surface area contributed by atoms with Crippen LogP contribution in [0, 0.1) is 5.92 Å². The molecule has 106 valence electrons. The van der Waals surface area contributed by atoms with E-state index >= 15 is 0 Å². The Labute approximate surface area is 117 Å². The van der Waals surface area contributed by atoms with E-state index in [4.69, 9.17) is 0 Å². The van der Waals surface area contributed by atoms with E-state index in [0.29, 0.717) is 0 Å². The smallest absolute Gasteiger partial charge is 0.0994 e. The molecule has 0 bridgehead atoms. The molecular formula is C17H27NO. The first kappa shape index (κ1) is 14.5. The zero-order valence-corrected chi connectivity index (χ0v) is 12.5. The third kappa shape index (κ3) is 3.80. The zero-order valence-electron chi connectivity index (χ0n) is 12.5. The van der Waals surface area contributed by atoms with Gasteiger partial charge in [-0.1, -0.05) is 38.1 Å². The third-order valence-electron chi connectivity index (χ3n) is 4.39. The van der Waals surface area contributed by atoms with Crippen LogP contribution in [0.25, 0.3) is 0 Å². The standard InChI is InChI=1S/C17H27NO/c1-4-15-5-7-16(8-6-15)17(3,19)13-18-11-9-14(2)10-12-18/h5-8,14,19H,4,9-13H2,1-3H3. The summed E-state index contributed by atoms with van der Waals surface area (Å²) in [5.74, 6) is 0.838. The molecule has 19 heavy (non-hydrogen) atoms. The van der Waals surface area contributed by atoms with Gasteiger partial charge in [0.2, 0.25) is 0 Å². The van der Waals surface area contributed by atoms with Gasteiger partial charge in [-0.05, 0) is 56.3 Å². The molecule has 1 saturated heterocycles. The lowest BCUT2D eigenvalue weighted by molar-refractivity contribution is 0.00655. The largest absolute Gasteiger partial charge is 0.384 e. The van der Waals surface area contributed by atoms with Crippen LogP contribution < -0.4 is 0 Å². The van der Waals surface area contributed by atoms with Crippen molar-refractivity contribution in [3.63, 3.8) is 0 Å². The summed E-state index contributed by atoms with van der Waals surface area (Å²) in [5, 5.41) is 10.7. The summed E-state index contributed by atoms with van der Waals surface area (Å²) in [7, 11) is 0. The van der Waals surface area contributed by atoms with Crippen LogP contribution in [0.2, 0.25) is 0 Å². The highest BCUT2D eigenvalue weighted by atomic mass is 16.3. The second-order valence-electron chi connectivity index (χ2n) is 6.28. The van der Waals surface area contributed by atoms with Crippen molar-refractivity contribution in [2.24, 2.45) is 5.92 Å². The molecule has 2 heteroatoms. The summed E-state index contributed by atoms with van der Waals surface area (Å²) in [6, 6.07) is 8.40. The Balaban J connectivity index is 2.00. The molecule has 0 radical (unpaired) electrons. The summed E-state index contributed by atoms with van der Waals surface area (Å²) in [6.07, 6.45) is 3.56. The molecule has 1 aromatic carbocycles. The number of hydrogen-bond acceptors (Lipinski definition) is 2. The molecule has 1 heterocycles. The van der Waals surface area contributed by atoms with Crippen molar-refractivity contribution in [2.75, 3.05) is 19.6 Å². The molecular weight excluding hydrogens is 234 g/mol. The normalized spacial score (nSPS) is 21.3. The average molecular weight is 261 g/mol. The van der Waals surface area contributed by atoms with Crippen molar-refractivity contribution < 1.29 is 5.11 Å². The lowest BCUT2D eigenvalue weighted by Gasteiger charge is -2.36. The highest BCUT2D eigenvalue weighted by Crippen LogP contribution is 2.25. The van der Waals surface area contributed by atoms with E-state index < -0.39 is 5.60 Å². The quantitative estimate of drug-likeness (QED) is 0.900. The van der Waals surface area contributed by atoms with Crippen LogP contribution in [0.3, 0.4) is 0 Å². The summed E-state index contributed by atoms with van der Waals surface area (Å²) < 4.78 is 0. The fourth-order valence-corrected chi connectivity index (χ4v) is 2.85. The van der Waals surface area contributed by atoms with Gasteiger partial charge < -0.3 is 10.0 Å². The monoisotopic (exact) mass is 261 g/mol. The number of aliphatic hydroxyl groups is 1. The first-order valence-corrected chi connectivity index (χ1v) is 7.55. The van der Waals surface area contributed by atoms with E-state index in [1.54, 1.807) is 0 Å². The topological polar surface area (TPSA) is 23.5 Å². The predicted molar refractivity (Wildman–Crippen MR) is 80.2 cm³/mol. The molecule has 1 aliphatic rings. The van der Waals surface area contributed by atoms with E-state index in [2.05, 4.69) is 43.0 Å². The SMILES string of the molecule is CCc1ccc(C(C)(O)CN2CCC(C)CC2)cc1. The Bertz CT molecular complexity index is 388.